The van der Waals surface area contributed by atoms with Crippen molar-refractivity contribution in [1.29, 1.82) is 0 Å². The first kappa shape index (κ1) is 26.7. The number of Topliss-reactive ketones (excluding diaryl/α,β-unsaturated/α-hetero) is 1. The summed E-state index contributed by atoms with van der Waals surface area (Å²) in [7, 11) is 0. The summed E-state index contributed by atoms with van der Waals surface area (Å²) < 4.78 is 18.5. The number of carbonyl (C=O) groups excluding carboxylic acids is 2. The fourth-order valence-electron chi connectivity index (χ4n) is 5.88. The molecule has 3 aliphatic rings. The quantitative estimate of drug-likeness (QED) is 0.528. The van der Waals surface area contributed by atoms with Crippen LogP contribution in [-0.2, 0) is 4.74 Å². The standard InChI is InChI=1S/C29H38FN5O3/c30-24-5-3-22(4-6-24)28(36)23-10-13-34(14-11-23)12-9-21-1-7-25(8-2-21)33-29(37)26-19-32-27(20-31-26)35-15-17-38-18-16-35/h3-6,19-21,23,25H,1-2,7-18H2,(H,33,37). The molecule has 0 spiro atoms. The molecule has 0 atom stereocenters. The third-order valence-corrected chi connectivity index (χ3v) is 8.33. The summed E-state index contributed by atoms with van der Waals surface area (Å²) in [6.45, 7) is 5.89. The lowest BCUT2D eigenvalue weighted by Gasteiger charge is -2.34. The van der Waals surface area contributed by atoms with Gasteiger partial charge in [-0.1, -0.05) is 0 Å². The van der Waals surface area contributed by atoms with Crippen molar-refractivity contribution in [3.63, 3.8) is 0 Å². The van der Waals surface area contributed by atoms with Crippen molar-refractivity contribution in [2.75, 3.05) is 50.8 Å². The smallest absolute Gasteiger partial charge is 0.271 e. The van der Waals surface area contributed by atoms with Crippen molar-refractivity contribution in [2.45, 2.75) is 51.0 Å². The van der Waals surface area contributed by atoms with Crippen LogP contribution in [-0.4, -0.2) is 78.5 Å². The molecule has 204 valence electrons. The molecule has 0 unspecified atom stereocenters. The van der Waals surface area contributed by atoms with Crippen LogP contribution in [0, 0.1) is 17.7 Å². The lowest BCUT2D eigenvalue weighted by atomic mass is 9.83. The van der Waals surface area contributed by atoms with E-state index >= 15 is 0 Å². The highest BCUT2D eigenvalue weighted by molar-refractivity contribution is 5.97. The Morgan fingerprint density at radius 2 is 1.63 bits per heavy atom. The van der Waals surface area contributed by atoms with E-state index in [-0.39, 0.29) is 29.5 Å². The van der Waals surface area contributed by atoms with Crippen LogP contribution in [0.4, 0.5) is 10.2 Å². The Bertz CT molecular complexity index is 1060. The van der Waals surface area contributed by atoms with Crippen LogP contribution in [0.15, 0.2) is 36.7 Å². The number of morpholine rings is 1. The monoisotopic (exact) mass is 523 g/mol. The molecule has 2 aliphatic heterocycles. The van der Waals surface area contributed by atoms with Crippen LogP contribution in [0.2, 0.25) is 0 Å². The number of piperidine rings is 1. The first-order valence-corrected chi connectivity index (χ1v) is 14.0. The maximum Gasteiger partial charge on any atom is 0.271 e. The zero-order chi connectivity index (χ0) is 26.3. The first-order valence-electron chi connectivity index (χ1n) is 14.0. The maximum absolute atomic E-state index is 13.2. The number of hydrogen-bond donors (Lipinski definition) is 1. The number of hydrogen-bond acceptors (Lipinski definition) is 7. The minimum Gasteiger partial charge on any atom is -0.378 e. The molecule has 2 aromatic rings. The Morgan fingerprint density at radius 3 is 2.29 bits per heavy atom. The molecule has 3 heterocycles. The number of ether oxygens (including phenoxy) is 1. The molecule has 0 bridgehead atoms. The number of likely N-dealkylation sites (tertiary alicyclic amines) is 1. The van der Waals surface area contributed by atoms with Gasteiger partial charge in [0.15, 0.2) is 5.78 Å². The van der Waals surface area contributed by atoms with E-state index in [1.165, 1.54) is 12.1 Å². The van der Waals surface area contributed by atoms with Crippen LogP contribution in [0.25, 0.3) is 0 Å². The predicted octanol–water partition coefficient (Wildman–Crippen LogP) is 3.73. The second-order valence-electron chi connectivity index (χ2n) is 10.8. The number of benzene rings is 1. The predicted molar refractivity (Wildman–Crippen MR) is 143 cm³/mol. The van der Waals surface area contributed by atoms with E-state index in [1.54, 1.807) is 24.5 Å². The van der Waals surface area contributed by atoms with E-state index in [9.17, 15) is 14.0 Å². The molecule has 8 nitrogen and oxygen atoms in total. The van der Waals surface area contributed by atoms with Crippen LogP contribution in [0.3, 0.4) is 0 Å². The molecular weight excluding hydrogens is 485 g/mol. The highest BCUT2D eigenvalue weighted by Gasteiger charge is 2.28. The lowest BCUT2D eigenvalue weighted by molar-refractivity contribution is 0.0832. The highest BCUT2D eigenvalue weighted by atomic mass is 19.1. The number of nitrogens with zero attached hydrogens (tertiary/aromatic N) is 4. The molecule has 1 N–H and O–H groups in total. The van der Waals surface area contributed by atoms with E-state index < -0.39 is 0 Å². The Hall–Kier alpha value is -2.91. The molecule has 5 rings (SSSR count). The fourth-order valence-corrected chi connectivity index (χ4v) is 5.88. The highest BCUT2D eigenvalue weighted by Crippen LogP contribution is 2.29. The molecule has 1 aromatic carbocycles. The van der Waals surface area contributed by atoms with Gasteiger partial charge in [0, 0.05) is 30.6 Å². The third-order valence-electron chi connectivity index (χ3n) is 8.33. The van der Waals surface area contributed by atoms with Gasteiger partial charge in [0.1, 0.15) is 17.3 Å². The van der Waals surface area contributed by atoms with Crippen molar-refractivity contribution in [3.05, 3.63) is 53.7 Å². The van der Waals surface area contributed by atoms with Gasteiger partial charge in [-0.3, -0.25) is 9.59 Å². The number of amides is 1. The minimum atomic E-state index is -0.309. The average Bonchev–Trinajstić information content (AvgIpc) is 2.97. The molecule has 1 aromatic heterocycles. The van der Waals surface area contributed by atoms with E-state index in [0.29, 0.717) is 30.4 Å². The molecule has 1 amide bonds. The van der Waals surface area contributed by atoms with Gasteiger partial charge in [-0.05, 0) is 94.8 Å². The Labute approximate surface area is 224 Å². The van der Waals surface area contributed by atoms with Crippen molar-refractivity contribution in [1.82, 2.24) is 20.2 Å². The number of nitrogens with one attached hydrogen (secondary N) is 1. The number of carbonyl (C=O) groups is 2. The molecule has 9 heteroatoms. The number of ketones is 1. The van der Waals surface area contributed by atoms with Crippen LogP contribution in [0.5, 0.6) is 0 Å². The van der Waals surface area contributed by atoms with E-state index in [0.717, 1.165) is 83.5 Å². The summed E-state index contributed by atoms with van der Waals surface area (Å²) in [4.78, 5) is 38.8. The summed E-state index contributed by atoms with van der Waals surface area (Å²) in [5.41, 5.74) is 0.983. The number of halogens is 1. The maximum atomic E-state index is 13.2. The van der Waals surface area contributed by atoms with E-state index in [4.69, 9.17) is 4.74 Å². The summed E-state index contributed by atoms with van der Waals surface area (Å²) >= 11 is 0. The zero-order valence-corrected chi connectivity index (χ0v) is 22.0. The van der Waals surface area contributed by atoms with E-state index in [2.05, 4.69) is 25.1 Å². The van der Waals surface area contributed by atoms with E-state index in [1.807, 2.05) is 0 Å². The average molecular weight is 524 g/mol. The van der Waals surface area contributed by atoms with Gasteiger partial charge >= 0.3 is 0 Å². The molecule has 1 aliphatic carbocycles. The van der Waals surface area contributed by atoms with Crippen molar-refractivity contribution in [3.8, 4) is 0 Å². The molecule has 38 heavy (non-hydrogen) atoms. The summed E-state index contributed by atoms with van der Waals surface area (Å²) in [5, 5.41) is 3.15. The second-order valence-corrected chi connectivity index (χ2v) is 10.8. The SMILES string of the molecule is O=C(NC1CCC(CCN2CCC(C(=O)c3ccc(F)cc3)CC2)CC1)c1cnc(N2CCOCC2)cn1. The van der Waals surface area contributed by atoms with Crippen LogP contribution in [0.1, 0.15) is 65.8 Å². The van der Waals surface area contributed by atoms with Crippen molar-refractivity contribution in [2.24, 2.45) is 11.8 Å². The number of anilines is 1. The van der Waals surface area contributed by atoms with Gasteiger partial charge in [0.2, 0.25) is 0 Å². The first-order chi connectivity index (χ1) is 18.5. The van der Waals surface area contributed by atoms with Crippen molar-refractivity contribution >= 4 is 17.5 Å². The normalized spacial score (nSPS) is 23.2. The minimum absolute atomic E-state index is 0.0380. The molecule has 0 radical (unpaired) electrons. The zero-order valence-electron chi connectivity index (χ0n) is 22.0. The summed E-state index contributed by atoms with van der Waals surface area (Å²) in [6.07, 6.45) is 10.4. The van der Waals surface area contributed by atoms with Gasteiger partial charge in [-0.15, -0.1) is 0 Å². The largest absolute Gasteiger partial charge is 0.378 e. The second kappa shape index (κ2) is 12.8. The van der Waals surface area contributed by atoms with Gasteiger partial charge in [-0.25, -0.2) is 14.4 Å². The fraction of sp³-hybridized carbons (Fsp3) is 0.586. The molecule has 2 saturated heterocycles. The van der Waals surface area contributed by atoms with Gasteiger partial charge in [-0.2, -0.15) is 0 Å². The van der Waals surface area contributed by atoms with Crippen LogP contribution >= 0.6 is 0 Å². The van der Waals surface area contributed by atoms with Crippen LogP contribution < -0.4 is 10.2 Å². The Kier molecular flexibility index (Phi) is 8.96. The Balaban J connectivity index is 0.986. The molecule has 3 fully saturated rings. The lowest BCUT2D eigenvalue weighted by Crippen LogP contribution is -2.40. The third kappa shape index (κ3) is 6.94. The summed E-state index contributed by atoms with van der Waals surface area (Å²) in [5.74, 6) is 1.19. The molecular formula is C29H38FN5O3. The Morgan fingerprint density at radius 1 is 0.921 bits per heavy atom. The van der Waals surface area contributed by atoms with Gasteiger partial charge in [0.05, 0.1) is 25.6 Å². The summed E-state index contributed by atoms with van der Waals surface area (Å²) in [6, 6.07) is 6.10. The topological polar surface area (TPSA) is 87.7 Å². The number of rotatable bonds is 8. The number of aromatic nitrogens is 2. The van der Waals surface area contributed by atoms with Crippen molar-refractivity contribution < 1.29 is 18.7 Å². The van der Waals surface area contributed by atoms with Gasteiger partial charge in [0.25, 0.3) is 5.91 Å². The van der Waals surface area contributed by atoms with Gasteiger partial charge < -0.3 is 19.9 Å². The molecule has 1 saturated carbocycles.